The molecule has 2 heterocycles. The molecular weight excluding hydrogens is 584 g/mol. The summed E-state index contributed by atoms with van der Waals surface area (Å²) in [5, 5.41) is 19.9. The van der Waals surface area contributed by atoms with Crippen LogP contribution in [0.3, 0.4) is 0 Å². The van der Waals surface area contributed by atoms with Crippen LogP contribution in [0.25, 0.3) is 0 Å². The first-order valence-electron chi connectivity index (χ1n) is 13.0. The molecule has 3 aromatic rings. The van der Waals surface area contributed by atoms with E-state index in [1.807, 2.05) is 36.9 Å². The largest absolute Gasteiger partial charge is 0.462 e. The Hall–Kier alpha value is -3.17. The second kappa shape index (κ2) is 12.3. The summed E-state index contributed by atoms with van der Waals surface area (Å²) in [5.41, 5.74) is 4.91. The molecule has 2 aromatic carbocycles. The van der Waals surface area contributed by atoms with E-state index in [2.05, 4.69) is 33.4 Å². The summed E-state index contributed by atoms with van der Waals surface area (Å²) in [6, 6.07) is 14.7. The van der Waals surface area contributed by atoms with Gasteiger partial charge in [-0.2, -0.15) is 5.10 Å². The predicted octanol–water partition coefficient (Wildman–Crippen LogP) is 7.18. The fraction of sp³-hybridized carbons (Fsp3) is 0.379. The third-order valence-electron chi connectivity index (χ3n) is 7.53. The van der Waals surface area contributed by atoms with Crippen molar-refractivity contribution in [1.82, 2.24) is 9.78 Å². The van der Waals surface area contributed by atoms with Crippen LogP contribution in [-0.4, -0.2) is 27.3 Å². The molecule has 1 saturated carbocycles. The minimum Gasteiger partial charge on any atom is -0.462 e. The summed E-state index contributed by atoms with van der Waals surface area (Å²) in [5.74, 6) is 0.214. The zero-order chi connectivity index (χ0) is 26.8. The first kappa shape index (κ1) is 28.8. The summed E-state index contributed by atoms with van der Waals surface area (Å²) < 4.78 is 8.66. The number of anilines is 1. The number of carbonyl (C=O) groups is 1. The number of halogens is 2. The normalized spacial score (nSPS) is 16.8. The molecule has 1 fully saturated rings. The highest BCUT2D eigenvalue weighted by atomic mass is 79.9. The highest BCUT2D eigenvalue weighted by Gasteiger charge is 2.40. The highest BCUT2D eigenvalue weighted by molar-refractivity contribution is 9.10. The lowest BCUT2D eigenvalue weighted by Gasteiger charge is -2.29. The van der Waals surface area contributed by atoms with Crippen LogP contribution < -0.4 is 5.32 Å². The number of nitrogens with one attached hydrogen (secondary N) is 1. The molecule has 2 aliphatic rings. The Morgan fingerprint density at radius 3 is 2.62 bits per heavy atom. The molecule has 0 spiro atoms. The van der Waals surface area contributed by atoms with Crippen molar-refractivity contribution in [1.29, 1.82) is 0 Å². The minimum absolute atomic E-state index is 0. The highest BCUT2D eigenvalue weighted by Crippen LogP contribution is 2.48. The van der Waals surface area contributed by atoms with Gasteiger partial charge in [0.25, 0.3) is 5.69 Å². The monoisotopic (exact) mass is 614 g/mol. The molecule has 1 N–H and O–H groups in total. The first-order valence-corrected chi connectivity index (χ1v) is 13.8. The summed E-state index contributed by atoms with van der Waals surface area (Å²) >= 11 is 3.45. The first-order chi connectivity index (χ1) is 18.3. The van der Waals surface area contributed by atoms with E-state index in [9.17, 15) is 14.9 Å². The van der Waals surface area contributed by atoms with Gasteiger partial charge in [-0.1, -0.05) is 53.0 Å². The number of nitrogens with zero attached hydrogens (tertiary/aromatic N) is 3. The number of carbonyl (C=O) groups excluding carboxylic acids is 1. The van der Waals surface area contributed by atoms with Crippen LogP contribution in [0.1, 0.15) is 73.2 Å². The van der Waals surface area contributed by atoms with E-state index < -0.39 is 16.8 Å². The number of aromatic nitrogens is 2. The maximum absolute atomic E-state index is 13.6. The van der Waals surface area contributed by atoms with Crippen molar-refractivity contribution in [2.75, 3.05) is 11.9 Å². The van der Waals surface area contributed by atoms with Gasteiger partial charge in [-0.25, -0.2) is 4.79 Å². The van der Waals surface area contributed by atoms with E-state index in [0.717, 1.165) is 53.7 Å². The number of esters is 1. The van der Waals surface area contributed by atoms with Gasteiger partial charge in [0.2, 0.25) is 0 Å². The Morgan fingerprint density at radius 2 is 1.92 bits per heavy atom. The van der Waals surface area contributed by atoms with Gasteiger partial charge >= 0.3 is 5.97 Å². The van der Waals surface area contributed by atoms with Crippen molar-refractivity contribution < 1.29 is 14.5 Å². The molecule has 0 radical (unpaired) electrons. The van der Waals surface area contributed by atoms with Crippen LogP contribution in [0.5, 0.6) is 0 Å². The fourth-order valence-electron chi connectivity index (χ4n) is 5.69. The Labute approximate surface area is 242 Å². The molecule has 10 heteroatoms. The molecule has 1 unspecified atom stereocenters. The average Bonchev–Trinajstić information content (AvgIpc) is 3.55. The molecular formula is C29H32BrClN4O4. The molecule has 1 aliphatic carbocycles. The maximum Gasteiger partial charge on any atom is 0.336 e. The lowest BCUT2D eigenvalue weighted by Crippen LogP contribution is -2.26. The topological polar surface area (TPSA) is 99.3 Å². The van der Waals surface area contributed by atoms with Gasteiger partial charge in [-0.05, 0) is 55.9 Å². The zero-order valence-corrected chi connectivity index (χ0v) is 24.4. The van der Waals surface area contributed by atoms with Gasteiger partial charge in [0.05, 0.1) is 22.8 Å². The number of fused-ring (bicyclic) bond motifs is 1. The smallest absolute Gasteiger partial charge is 0.336 e. The van der Waals surface area contributed by atoms with Crippen LogP contribution in [0, 0.1) is 10.1 Å². The number of hydrogen-bond donors (Lipinski definition) is 1. The standard InChI is InChI=1S/C29H31BrN4O4.ClH/c1-18-24(29(35)38-16-6-7-19-12-14-22(30)15-13-19)25(21-10-5-11-23(17-21)34(36)37)26-27(20-8-3-4-9-20)32-33(2)28(26)31-18;/h5,10-15,17,20,25,31H,3-4,6-9,16H2,1-2H3;1H. The quantitative estimate of drug-likeness (QED) is 0.125. The molecule has 206 valence electrons. The third-order valence-corrected chi connectivity index (χ3v) is 8.06. The second-order valence-electron chi connectivity index (χ2n) is 10.1. The van der Waals surface area contributed by atoms with Crippen LogP contribution in [-0.2, 0) is 23.0 Å². The number of rotatable bonds is 8. The molecule has 5 rings (SSSR count). The van der Waals surface area contributed by atoms with Crippen molar-refractivity contribution in [2.45, 2.75) is 57.3 Å². The summed E-state index contributed by atoms with van der Waals surface area (Å²) in [7, 11) is 1.90. The SMILES string of the molecule is CC1=C(C(=O)OCCCc2ccc(Br)cc2)C(c2cccc([N+](=O)[O-])c2)c2c(C3CCCC3)nn(C)c2N1.Cl. The third kappa shape index (κ3) is 6.04. The Bertz CT molecular complexity index is 1400. The lowest BCUT2D eigenvalue weighted by molar-refractivity contribution is -0.384. The van der Waals surface area contributed by atoms with Gasteiger partial charge in [0.1, 0.15) is 5.82 Å². The number of hydrogen-bond acceptors (Lipinski definition) is 6. The zero-order valence-electron chi connectivity index (χ0n) is 22.0. The van der Waals surface area contributed by atoms with Crippen molar-refractivity contribution in [3.05, 3.63) is 96.8 Å². The summed E-state index contributed by atoms with van der Waals surface area (Å²) in [6.07, 6.45) is 5.87. The van der Waals surface area contributed by atoms with Gasteiger partial charge in [0.15, 0.2) is 0 Å². The van der Waals surface area contributed by atoms with Crippen molar-refractivity contribution in [2.24, 2.45) is 7.05 Å². The van der Waals surface area contributed by atoms with E-state index in [0.29, 0.717) is 29.2 Å². The number of benzene rings is 2. The molecule has 39 heavy (non-hydrogen) atoms. The van der Waals surface area contributed by atoms with Crippen molar-refractivity contribution >= 4 is 45.8 Å². The van der Waals surface area contributed by atoms with Gasteiger partial charge in [0, 0.05) is 46.7 Å². The van der Waals surface area contributed by atoms with Gasteiger partial charge in [-0.3, -0.25) is 14.8 Å². The van der Waals surface area contributed by atoms with Gasteiger partial charge < -0.3 is 10.1 Å². The number of ether oxygens (including phenoxy) is 1. The number of non-ortho nitro benzene ring substituents is 1. The van der Waals surface area contributed by atoms with Crippen molar-refractivity contribution in [3.8, 4) is 0 Å². The van der Waals surface area contributed by atoms with E-state index in [1.54, 1.807) is 12.1 Å². The van der Waals surface area contributed by atoms with E-state index in [1.165, 1.54) is 11.6 Å². The van der Waals surface area contributed by atoms with Crippen LogP contribution >= 0.6 is 28.3 Å². The molecule has 8 nitrogen and oxygen atoms in total. The van der Waals surface area contributed by atoms with Crippen LogP contribution in [0.15, 0.2) is 64.3 Å². The minimum atomic E-state index is -0.505. The number of nitro groups is 1. The Morgan fingerprint density at radius 1 is 1.21 bits per heavy atom. The molecule has 0 saturated heterocycles. The van der Waals surface area contributed by atoms with E-state index in [4.69, 9.17) is 9.84 Å². The van der Waals surface area contributed by atoms with E-state index >= 15 is 0 Å². The second-order valence-corrected chi connectivity index (χ2v) is 11.0. The Kier molecular flexibility index (Phi) is 9.12. The molecule has 1 aromatic heterocycles. The van der Waals surface area contributed by atoms with Crippen molar-refractivity contribution in [3.63, 3.8) is 0 Å². The van der Waals surface area contributed by atoms with Gasteiger partial charge in [-0.15, -0.1) is 12.4 Å². The fourth-order valence-corrected chi connectivity index (χ4v) is 5.96. The molecule has 0 amide bonds. The van der Waals surface area contributed by atoms with Crippen LogP contribution in [0.4, 0.5) is 11.5 Å². The Balaban J connectivity index is 0.00000353. The average molecular weight is 616 g/mol. The van der Waals surface area contributed by atoms with E-state index in [-0.39, 0.29) is 24.7 Å². The molecule has 1 atom stereocenters. The molecule has 0 bridgehead atoms. The molecule has 1 aliphatic heterocycles. The summed E-state index contributed by atoms with van der Waals surface area (Å²) in [4.78, 5) is 24.9. The number of aryl methyl sites for hydroxylation is 2. The summed E-state index contributed by atoms with van der Waals surface area (Å²) in [6.45, 7) is 2.14. The predicted molar refractivity (Wildman–Crippen MR) is 156 cm³/mol. The van der Waals surface area contributed by atoms with Crippen LogP contribution in [0.2, 0.25) is 0 Å². The number of nitro benzene ring substituents is 1. The lowest BCUT2D eigenvalue weighted by atomic mass is 9.79. The maximum atomic E-state index is 13.6. The number of allylic oxidation sites excluding steroid dienone is 1.